The molecule has 0 aliphatic carbocycles. The maximum atomic E-state index is 6.12. The maximum absolute atomic E-state index is 6.12. The van der Waals surface area contributed by atoms with Gasteiger partial charge in [-0.1, -0.05) is 30.7 Å². The van der Waals surface area contributed by atoms with Gasteiger partial charge in [-0.3, -0.25) is 4.98 Å². The average Bonchev–Trinajstić information content (AvgIpc) is 2.46. The van der Waals surface area contributed by atoms with Gasteiger partial charge < -0.3 is 10.1 Å². The third kappa shape index (κ3) is 4.19. The van der Waals surface area contributed by atoms with Gasteiger partial charge in [0.05, 0.1) is 5.02 Å². The van der Waals surface area contributed by atoms with Gasteiger partial charge in [0.2, 0.25) is 0 Å². The Balaban J connectivity index is 2.18. The van der Waals surface area contributed by atoms with Crippen LogP contribution in [0.15, 0.2) is 36.7 Å². The third-order valence-electron chi connectivity index (χ3n) is 3.39. The van der Waals surface area contributed by atoms with Crippen LogP contribution in [0.2, 0.25) is 5.02 Å². The summed E-state index contributed by atoms with van der Waals surface area (Å²) in [5.74, 6) is 0.899. The average molecular weight is 305 g/mol. The number of pyridine rings is 1. The molecule has 1 aromatic carbocycles. The summed E-state index contributed by atoms with van der Waals surface area (Å²) in [6, 6.07) is 8.42. The van der Waals surface area contributed by atoms with E-state index >= 15 is 0 Å². The van der Waals surface area contributed by atoms with Crippen molar-refractivity contribution >= 4 is 11.6 Å². The number of hydrogen-bond donors (Lipinski definition) is 1. The topological polar surface area (TPSA) is 34.1 Å². The van der Waals surface area contributed by atoms with Crippen LogP contribution in [0.5, 0.6) is 5.75 Å². The van der Waals surface area contributed by atoms with Crippen LogP contribution in [0.25, 0.3) is 0 Å². The van der Waals surface area contributed by atoms with E-state index in [4.69, 9.17) is 16.3 Å². The molecule has 21 heavy (non-hydrogen) atoms. The molecule has 2 rings (SSSR count). The summed E-state index contributed by atoms with van der Waals surface area (Å²) in [5, 5.41) is 4.05. The minimum atomic E-state index is 0.249. The summed E-state index contributed by atoms with van der Waals surface area (Å²) in [4.78, 5) is 3.99. The zero-order valence-corrected chi connectivity index (χ0v) is 13.4. The fourth-order valence-electron chi connectivity index (χ4n) is 2.22. The fourth-order valence-corrected chi connectivity index (χ4v) is 2.39. The first kappa shape index (κ1) is 15.8. The van der Waals surface area contributed by atoms with Crippen LogP contribution in [0.3, 0.4) is 0 Å². The molecule has 0 radical (unpaired) electrons. The summed E-state index contributed by atoms with van der Waals surface area (Å²) in [5.41, 5.74) is 3.28. The van der Waals surface area contributed by atoms with Crippen molar-refractivity contribution in [2.75, 3.05) is 6.54 Å². The number of nitrogens with one attached hydrogen (secondary N) is 1. The summed E-state index contributed by atoms with van der Waals surface area (Å²) >= 11 is 6.12. The highest BCUT2D eigenvalue weighted by atomic mass is 35.5. The molecule has 3 nitrogen and oxygen atoms in total. The number of hydrogen-bond acceptors (Lipinski definition) is 3. The second-order valence-electron chi connectivity index (χ2n) is 5.08. The molecule has 0 spiro atoms. The Kier molecular flexibility index (Phi) is 5.59. The van der Waals surface area contributed by atoms with E-state index in [1.807, 2.05) is 6.07 Å². The molecule has 0 fully saturated rings. The third-order valence-corrected chi connectivity index (χ3v) is 3.73. The molecule has 2 aromatic rings. The van der Waals surface area contributed by atoms with Crippen molar-refractivity contribution in [1.82, 2.24) is 10.3 Å². The monoisotopic (exact) mass is 304 g/mol. The van der Waals surface area contributed by atoms with Gasteiger partial charge in [0, 0.05) is 29.6 Å². The number of halogens is 1. The molecule has 0 bridgehead atoms. The van der Waals surface area contributed by atoms with Crippen LogP contribution in [0.4, 0.5) is 0 Å². The minimum Gasteiger partial charge on any atom is -0.488 e. The van der Waals surface area contributed by atoms with Gasteiger partial charge >= 0.3 is 0 Å². The normalized spacial score (nSPS) is 12.2. The van der Waals surface area contributed by atoms with Crippen LogP contribution in [-0.2, 0) is 6.61 Å². The molecule has 1 N–H and O–H groups in total. The first-order valence-electron chi connectivity index (χ1n) is 7.17. The highest BCUT2D eigenvalue weighted by Gasteiger charge is 2.11. The van der Waals surface area contributed by atoms with Crippen molar-refractivity contribution < 1.29 is 4.74 Å². The Hall–Kier alpha value is -1.58. The Morgan fingerprint density at radius 3 is 2.86 bits per heavy atom. The first-order chi connectivity index (χ1) is 10.1. The lowest BCUT2D eigenvalue weighted by atomic mass is 10.0. The molecule has 0 aliphatic rings. The molecule has 0 amide bonds. The Bertz CT molecular complexity index is 601. The van der Waals surface area contributed by atoms with Crippen molar-refractivity contribution in [1.29, 1.82) is 0 Å². The van der Waals surface area contributed by atoms with E-state index in [9.17, 15) is 0 Å². The predicted molar refractivity (Wildman–Crippen MR) is 86.8 cm³/mol. The zero-order valence-electron chi connectivity index (χ0n) is 12.7. The van der Waals surface area contributed by atoms with Gasteiger partial charge in [-0.15, -0.1) is 0 Å². The number of nitrogens with zero attached hydrogens (tertiary/aromatic N) is 1. The quantitative estimate of drug-likeness (QED) is 0.864. The van der Waals surface area contributed by atoms with Crippen molar-refractivity contribution in [3.63, 3.8) is 0 Å². The van der Waals surface area contributed by atoms with Crippen LogP contribution in [0.1, 0.15) is 36.6 Å². The van der Waals surface area contributed by atoms with E-state index in [0.29, 0.717) is 11.6 Å². The standard InChI is InChI=1S/C17H21ClN2O/c1-4-20-13(3)15-6-5-12(2)9-17(15)21-11-14-7-8-19-10-16(14)18/h5-10,13,20H,4,11H2,1-3H3. The van der Waals surface area contributed by atoms with E-state index in [-0.39, 0.29) is 6.04 Å². The van der Waals surface area contributed by atoms with Crippen molar-refractivity contribution in [3.8, 4) is 5.75 Å². The molecule has 0 saturated carbocycles. The van der Waals surface area contributed by atoms with E-state index < -0.39 is 0 Å². The van der Waals surface area contributed by atoms with E-state index in [1.165, 1.54) is 5.56 Å². The second-order valence-corrected chi connectivity index (χ2v) is 5.48. The Morgan fingerprint density at radius 2 is 2.14 bits per heavy atom. The van der Waals surface area contributed by atoms with Gasteiger partial charge in [0.25, 0.3) is 0 Å². The van der Waals surface area contributed by atoms with Crippen LogP contribution < -0.4 is 10.1 Å². The van der Waals surface area contributed by atoms with Crippen molar-refractivity contribution in [2.45, 2.75) is 33.4 Å². The lowest BCUT2D eigenvalue weighted by Gasteiger charge is -2.18. The molecule has 1 unspecified atom stereocenters. The first-order valence-corrected chi connectivity index (χ1v) is 7.54. The highest BCUT2D eigenvalue weighted by Crippen LogP contribution is 2.28. The lowest BCUT2D eigenvalue weighted by molar-refractivity contribution is 0.299. The highest BCUT2D eigenvalue weighted by molar-refractivity contribution is 6.31. The van der Waals surface area contributed by atoms with Gasteiger partial charge in [-0.05, 0) is 38.1 Å². The number of rotatable bonds is 6. The zero-order chi connectivity index (χ0) is 15.2. The van der Waals surface area contributed by atoms with Crippen molar-refractivity contribution in [2.24, 2.45) is 0 Å². The smallest absolute Gasteiger partial charge is 0.124 e. The molecule has 0 saturated heterocycles. The molecule has 112 valence electrons. The fraction of sp³-hybridized carbons (Fsp3) is 0.353. The number of benzene rings is 1. The summed E-state index contributed by atoms with van der Waals surface area (Å²) in [7, 11) is 0. The largest absolute Gasteiger partial charge is 0.488 e. The Labute approximate surface area is 131 Å². The number of aryl methyl sites for hydroxylation is 1. The minimum absolute atomic E-state index is 0.249. The SMILES string of the molecule is CCNC(C)c1ccc(C)cc1OCc1ccncc1Cl. The number of ether oxygens (including phenoxy) is 1. The van der Waals surface area contributed by atoms with Gasteiger partial charge in [-0.2, -0.15) is 0 Å². The Morgan fingerprint density at radius 1 is 1.33 bits per heavy atom. The molecular formula is C17H21ClN2O. The summed E-state index contributed by atoms with van der Waals surface area (Å²) in [6.45, 7) is 7.66. The molecule has 1 atom stereocenters. The molecule has 1 heterocycles. The second kappa shape index (κ2) is 7.43. The van der Waals surface area contributed by atoms with Crippen LogP contribution >= 0.6 is 11.6 Å². The van der Waals surface area contributed by atoms with Crippen LogP contribution in [-0.4, -0.2) is 11.5 Å². The summed E-state index contributed by atoms with van der Waals surface area (Å²) in [6.07, 6.45) is 3.36. The van der Waals surface area contributed by atoms with Crippen molar-refractivity contribution in [3.05, 3.63) is 58.4 Å². The van der Waals surface area contributed by atoms with Gasteiger partial charge in [0.15, 0.2) is 0 Å². The molecule has 0 aliphatic heterocycles. The van der Waals surface area contributed by atoms with Gasteiger partial charge in [0.1, 0.15) is 12.4 Å². The van der Waals surface area contributed by atoms with E-state index in [1.54, 1.807) is 12.4 Å². The molecule has 1 aromatic heterocycles. The molecule has 4 heteroatoms. The van der Waals surface area contributed by atoms with Crippen LogP contribution in [0, 0.1) is 6.92 Å². The molecular weight excluding hydrogens is 284 g/mol. The van der Waals surface area contributed by atoms with E-state index in [2.05, 4.69) is 49.3 Å². The lowest BCUT2D eigenvalue weighted by Crippen LogP contribution is -2.18. The van der Waals surface area contributed by atoms with Gasteiger partial charge in [-0.25, -0.2) is 0 Å². The summed E-state index contributed by atoms with van der Waals surface area (Å²) < 4.78 is 6.00. The predicted octanol–water partition coefficient (Wildman–Crippen LogP) is 4.29. The number of aromatic nitrogens is 1. The maximum Gasteiger partial charge on any atom is 0.124 e. The van der Waals surface area contributed by atoms with E-state index in [0.717, 1.165) is 23.4 Å².